The van der Waals surface area contributed by atoms with Crippen molar-refractivity contribution in [2.24, 2.45) is 0 Å². The summed E-state index contributed by atoms with van der Waals surface area (Å²) in [6, 6.07) is -0.601. The van der Waals surface area contributed by atoms with Crippen LogP contribution < -0.4 is 10.6 Å². The number of rotatable bonds is 4. The fraction of sp³-hybridized carbons (Fsp3) is 0.615. The number of alkyl halides is 3. The SMILES string of the molecule is O=C(NCc1nc(C(F)(F)F)n[nH]1)Nc1nnc(C2CCCCC2)s1. The first-order valence-electron chi connectivity index (χ1n) is 7.78. The van der Waals surface area contributed by atoms with E-state index in [1.54, 1.807) is 0 Å². The van der Waals surface area contributed by atoms with E-state index in [4.69, 9.17) is 0 Å². The van der Waals surface area contributed by atoms with Gasteiger partial charge in [-0.15, -0.1) is 15.3 Å². The minimum absolute atomic E-state index is 0.0948. The topological polar surface area (TPSA) is 108 Å². The van der Waals surface area contributed by atoms with Crippen molar-refractivity contribution < 1.29 is 18.0 Å². The molecule has 0 bridgehead atoms. The van der Waals surface area contributed by atoms with Crippen LogP contribution in [0.5, 0.6) is 0 Å². The van der Waals surface area contributed by atoms with Crippen LogP contribution in [0.1, 0.15) is 54.7 Å². The summed E-state index contributed by atoms with van der Waals surface area (Å²) in [7, 11) is 0. The molecule has 0 saturated heterocycles. The largest absolute Gasteiger partial charge is 0.453 e. The molecule has 0 unspecified atom stereocenters. The second-order valence-electron chi connectivity index (χ2n) is 5.69. The molecule has 1 aliphatic rings. The van der Waals surface area contributed by atoms with Gasteiger partial charge in [-0.25, -0.2) is 9.78 Å². The van der Waals surface area contributed by atoms with E-state index >= 15 is 0 Å². The molecule has 0 radical (unpaired) electrons. The number of nitrogens with zero attached hydrogens (tertiary/aromatic N) is 4. The van der Waals surface area contributed by atoms with Crippen LogP contribution >= 0.6 is 11.3 Å². The van der Waals surface area contributed by atoms with Gasteiger partial charge in [-0.2, -0.15) is 13.2 Å². The molecule has 2 aromatic heterocycles. The van der Waals surface area contributed by atoms with Crippen LogP contribution in [0.2, 0.25) is 0 Å². The van der Waals surface area contributed by atoms with E-state index in [2.05, 4.69) is 36.0 Å². The molecule has 1 aliphatic carbocycles. The summed E-state index contributed by atoms with van der Waals surface area (Å²) in [5.74, 6) is -0.978. The zero-order chi connectivity index (χ0) is 17.9. The van der Waals surface area contributed by atoms with Crippen molar-refractivity contribution in [3.8, 4) is 0 Å². The molecule has 2 aromatic rings. The Morgan fingerprint density at radius 3 is 2.68 bits per heavy atom. The summed E-state index contributed by atoms with van der Waals surface area (Å²) in [5, 5.41) is 19.4. The van der Waals surface area contributed by atoms with Gasteiger partial charge in [0.2, 0.25) is 5.13 Å². The third-order valence-corrected chi connectivity index (χ3v) is 4.82. The minimum atomic E-state index is -4.63. The molecule has 2 heterocycles. The third-order valence-electron chi connectivity index (χ3n) is 3.82. The summed E-state index contributed by atoms with van der Waals surface area (Å²) in [5.41, 5.74) is 0. The molecule has 0 aliphatic heterocycles. The predicted molar refractivity (Wildman–Crippen MR) is 83.0 cm³/mol. The van der Waals surface area contributed by atoms with Crippen LogP contribution in [0.25, 0.3) is 0 Å². The number of hydrogen-bond acceptors (Lipinski definition) is 6. The quantitative estimate of drug-likeness (QED) is 0.761. The zero-order valence-corrected chi connectivity index (χ0v) is 13.9. The van der Waals surface area contributed by atoms with Crippen molar-refractivity contribution in [1.29, 1.82) is 0 Å². The molecule has 0 spiro atoms. The van der Waals surface area contributed by atoms with Crippen molar-refractivity contribution in [1.82, 2.24) is 30.7 Å². The van der Waals surface area contributed by atoms with E-state index in [1.807, 2.05) is 0 Å². The maximum absolute atomic E-state index is 12.4. The maximum Gasteiger partial charge on any atom is 0.453 e. The molecule has 3 N–H and O–H groups in total. The Morgan fingerprint density at radius 2 is 2.00 bits per heavy atom. The van der Waals surface area contributed by atoms with Crippen LogP contribution in [-0.2, 0) is 12.7 Å². The number of nitrogens with one attached hydrogen (secondary N) is 3. The van der Waals surface area contributed by atoms with Crippen LogP contribution in [0.15, 0.2) is 0 Å². The number of hydrogen-bond donors (Lipinski definition) is 3. The first-order chi connectivity index (χ1) is 11.9. The second kappa shape index (κ2) is 7.33. The molecule has 1 fully saturated rings. The number of carbonyl (C=O) groups is 1. The van der Waals surface area contributed by atoms with Gasteiger partial charge in [-0.3, -0.25) is 10.4 Å². The highest BCUT2D eigenvalue weighted by atomic mass is 32.1. The van der Waals surface area contributed by atoms with Gasteiger partial charge in [0.05, 0.1) is 6.54 Å². The van der Waals surface area contributed by atoms with Crippen molar-refractivity contribution in [2.75, 3.05) is 5.32 Å². The summed E-state index contributed by atoms with van der Waals surface area (Å²) in [6.07, 6.45) is 1.11. The lowest BCUT2D eigenvalue weighted by atomic mass is 9.90. The van der Waals surface area contributed by atoms with Gasteiger partial charge >= 0.3 is 12.2 Å². The van der Waals surface area contributed by atoms with Gasteiger partial charge in [-0.1, -0.05) is 30.6 Å². The Labute approximate surface area is 144 Å². The minimum Gasteiger partial charge on any atom is -0.331 e. The molecule has 1 saturated carbocycles. The Hall–Kier alpha value is -2.24. The van der Waals surface area contributed by atoms with Crippen molar-refractivity contribution >= 4 is 22.5 Å². The highest BCUT2D eigenvalue weighted by Crippen LogP contribution is 2.35. The first-order valence-corrected chi connectivity index (χ1v) is 8.60. The van der Waals surface area contributed by atoms with E-state index in [0.29, 0.717) is 11.0 Å². The van der Waals surface area contributed by atoms with Crippen molar-refractivity contribution in [3.05, 3.63) is 16.7 Å². The molecule has 2 amide bonds. The van der Waals surface area contributed by atoms with E-state index < -0.39 is 18.0 Å². The summed E-state index contributed by atoms with van der Waals surface area (Å²) in [4.78, 5) is 15.1. The van der Waals surface area contributed by atoms with Crippen LogP contribution in [0.3, 0.4) is 0 Å². The molecular weight excluding hydrogens is 359 g/mol. The van der Waals surface area contributed by atoms with Crippen molar-refractivity contribution in [2.45, 2.75) is 50.7 Å². The normalized spacial score (nSPS) is 16.0. The summed E-state index contributed by atoms with van der Waals surface area (Å²) in [6.45, 7) is -0.219. The number of anilines is 1. The monoisotopic (exact) mass is 375 g/mol. The van der Waals surface area contributed by atoms with E-state index in [9.17, 15) is 18.0 Å². The third kappa shape index (κ3) is 4.65. The number of aromatic nitrogens is 5. The highest BCUT2D eigenvalue weighted by Gasteiger charge is 2.36. The molecule has 25 heavy (non-hydrogen) atoms. The number of amides is 2. The van der Waals surface area contributed by atoms with Crippen molar-refractivity contribution in [3.63, 3.8) is 0 Å². The van der Waals surface area contributed by atoms with E-state index in [1.165, 1.54) is 30.6 Å². The Kier molecular flexibility index (Phi) is 5.16. The number of aromatic amines is 1. The maximum atomic E-state index is 12.4. The summed E-state index contributed by atoms with van der Waals surface area (Å²) >= 11 is 1.32. The number of halogens is 3. The average molecular weight is 375 g/mol. The highest BCUT2D eigenvalue weighted by molar-refractivity contribution is 7.15. The smallest absolute Gasteiger partial charge is 0.331 e. The van der Waals surface area contributed by atoms with Gasteiger partial charge in [0, 0.05) is 5.92 Å². The standard InChI is InChI=1S/C13H16F3N7OS/c14-13(15,16)10-18-8(20-22-10)6-17-11(24)19-12-23-21-9(25-12)7-4-2-1-3-5-7/h7H,1-6H2,(H,18,20,22)(H2,17,19,23,24). The Morgan fingerprint density at radius 1 is 1.24 bits per heavy atom. The molecule has 136 valence electrons. The lowest BCUT2D eigenvalue weighted by molar-refractivity contribution is -0.144. The molecule has 0 atom stereocenters. The number of H-pyrrole nitrogens is 1. The Bertz CT molecular complexity index is 723. The fourth-order valence-corrected chi connectivity index (χ4v) is 3.51. The van der Waals surface area contributed by atoms with Gasteiger partial charge in [0.15, 0.2) is 0 Å². The molecule has 8 nitrogen and oxygen atoms in total. The van der Waals surface area contributed by atoms with Gasteiger partial charge in [0.1, 0.15) is 10.8 Å². The Balaban J connectivity index is 1.49. The van der Waals surface area contributed by atoms with Crippen LogP contribution in [0.4, 0.5) is 23.1 Å². The lowest BCUT2D eigenvalue weighted by Crippen LogP contribution is -2.28. The van der Waals surface area contributed by atoms with Crippen LogP contribution in [-0.4, -0.2) is 31.4 Å². The molecule has 12 heteroatoms. The van der Waals surface area contributed by atoms with Gasteiger partial charge in [0.25, 0.3) is 5.82 Å². The molecular formula is C13H16F3N7OS. The lowest BCUT2D eigenvalue weighted by Gasteiger charge is -2.18. The fourth-order valence-electron chi connectivity index (χ4n) is 2.61. The van der Waals surface area contributed by atoms with E-state index in [-0.39, 0.29) is 12.4 Å². The second-order valence-corrected chi connectivity index (χ2v) is 6.70. The molecule has 3 rings (SSSR count). The predicted octanol–water partition coefficient (Wildman–Crippen LogP) is 3.04. The van der Waals surface area contributed by atoms with Gasteiger partial charge in [-0.05, 0) is 12.8 Å². The first kappa shape index (κ1) is 17.6. The number of urea groups is 1. The average Bonchev–Trinajstić information content (AvgIpc) is 3.23. The van der Waals surface area contributed by atoms with E-state index in [0.717, 1.165) is 17.8 Å². The summed E-state index contributed by atoms with van der Waals surface area (Å²) < 4.78 is 37.2. The molecule has 0 aromatic carbocycles. The van der Waals surface area contributed by atoms with Gasteiger partial charge < -0.3 is 5.32 Å². The number of carbonyl (C=O) groups excluding carboxylic acids is 1. The zero-order valence-electron chi connectivity index (χ0n) is 13.1. The van der Waals surface area contributed by atoms with Crippen LogP contribution in [0, 0.1) is 0 Å².